The number of carbonyl (C=O) groups excluding carboxylic acids is 2. The second-order valence-corrected chi connectivity index (χ2v) is 8.01. The molecule has 0 atom stereocenters. The molecule has 3 rings (SSSR count). The summed E-state index contributed by atoms with van der Waals surface area (Å²) in [7, 11) is -3.96. The molecule has 1 heterocycles. The SMILES string of the molecule is CCN(CC)c1ccc(C(=O)NNS(=O)(=O)c2ccc3c(c2)CC(=O)N3)cc1. The molecular weight excluding hydrogens is 380 g/mol. The number of hydrogen-bond donors (Lipinski definition) is 3. The number of nitrogens with zero attached hydrogens (tertiary/aromatic N) is 1. The first-order valence-corrected chi connectivity index (χ1v) is 10.4. The van der Waals surface area contributed by atoms with Gasteiger partial charge < -0.3 is 10.2 Å². The average Bonchev–Trinajstić information content (AvgIpc) is 3.07. The minimum absolute atomic E-state index is 0.0278. The van der Waals surface area contributed by atoms with Gasteiger partial charge in [0.25, 0.3) is 15.9 Å². The van der Waals surface area contributed by atoms with Gasteiger partial charge >= 0.3 is 0 Å². The lowest BCUT2D eigenvalue weighted by Gasteiger charge is -2.21. The van der Waals surface area contributed by atoms with Gasteiger partial charge in [-0.1, -0.05) is 0 Å². The van der Waals surface area contributed by atoms with Gasteiger partial charge in [0.1, 0.15) is 0 Å². The van der Waals surface area contributed by atoms with Gasteiger partial charge in [-0.3, -0.25) is 15.0 Å². The number of anilines is 2. The van der Waals surface area contributed by atoms with E-state index < -0.39 is 15.9 Å². The minimum atomic E-state index is -3.96. The van der Waals surface area contributed by atoms with Crippen molar-refractivity contribution in [2.75, 3.05) is 23.3 Å². The normalized spacial score (nSPS) is 13.0. The third kappa shape index (κ3) is 4.15. The Morgan fingerprint density at radius 3 is 2.43 bits per heavy atom. The number of hydrogen-bond acceptors (Lipinski definition) is 5. The summed E-state index contributed by atoms with van der Waals surface area (Å²) < 4.78 is 24.9. The molecule has 2 aromatic rings. The van der Waals surface area contributed by atoms with Crippen LogP contribution in [0.4, 0.5) is 11.4 Å². The zero-order valence-corrected chi connectivity index (χ0v) is 16.5. The van der Waals surface area contributed by atoms with Crippen LogP contribution >= 0.6 is 0 Å². The Balaban J connectivity index is 1.67. The number of carbonyl (C=O) groups is 2. The molecule has 3 N–H and O–H groups in total. The molecule has 2 aromatic carbocycles. The fraction of sp³-hybridized carbons (Fsp3) is 0.263. The van der Waals surface area contributed by atoms with Crippen LogP contribution in [0.1, 0.15) is 29.8 Å². The number of nitrogens with one attached hydrogen (secondary N) is 3. The van der Waals surface area contributed by atoms with E-state index in [4.69, 9.17) is 0 Å². The Labute approximate surface area is 164 Å². The van der Waals surface area contributed by atoms with Crippen molar-refractivity contribution in [3.63, 3.8) is 0 Å². The second kappa shape index (κ2) is 7.99. The highest BCUT2D eigenvalue weighted by atomic mass is 32.2. The van der Waals surface area contributed by atoms with Crippen molar-refractivity contribution in [3.8, 4) is 0 Å². The lowest BCUT2D eigenvalue weighted by atomic mass is 10.2. The van der Waals surface area contributed by atoms with Crippen LogP contribution in [0.2, 0.25) is 0 Å². The van der Waals surface area contributed by atoms with Gasteiger partial charge in [0.15, 0.2) is 0 Å². The number of fused-ring (bicyclic) bond motifs is 1. The van der Waals surface area contributed by atoms with Crippen molar-refractivity contribution in [2.45, 2.75) is 25.2 Å². The lowest BCUT2D eigenvalue weighted by molar-refractivity contribution is -0.115. The Hall–Kier alpha value is -2.91. The van der Waals surface area contributed by atoms with E-state index in [0.29, 0.717) is 16.8 Å². The molecule has 28 heavy (non-hydrogen) atoms. The molecule has 148 valence electrons. The van der Waals surface area contributed by atoms with Crippen molar-refractivity contribution in [1.82, 2.24) is 10.3 Å². The van der Waals surface area contributed by atoms with Crippen molar-refractivity contribution in [2.24, 2.45) is 0 Å². The summed E-state index contributed by atoms with van der Waals surface area (Å²) in [5.74, 6) is -0.744. The molecule has 1 aliphatic rings. The van der Waals surface area contributed by atoms with Crippen LogP contribution in [0.5, 0.6) is 0 Å². The first kappa shape index (κ1) is 19.8. The smallest absolute Gasteiger partial charge is 0.266 e. The summed E-state index contributed by atoms with van der Waals surface area (Å²) in [4.78, 5) is 27.9. The van der Waals surface area contributed by atoms with Crippen molar-refractivity contribution >= 4 is 33.2 Å². The van der Waals surface area contributed by atoms with E-state index in [9.17, 15) is 18.0 Å². The fourth-order valence-electron chi connectivity index (χ4n) is 3.03. The van der Waals surface area contributed by atoms with Crippen LogP contribution in [0.15, 0.2) is 47.4 Å². The van der Waals surface area contributed by atoms with Crippen LogP contribution in [0.3, 0.4) is 0 Å². The zero-order chi connectivity index (χ0) is 20.3. The Bertz CT molecular complexity index is 999. The number of amides is 2. The van der Waals surface area contributed by atoms with E-state index in [-0.39, 0.29) is 17.2 Å². The molecule has 0 fully saturated rings. The molecule has 0 saturated heterocycles. The lowest BCUT2D eigenvalue weighted by Crippen LogP contribution is -2.41. The predicted molar refractivity (Wildman–Crippen MR) is 107 cm³/mol. The molecule has 0 aromatic heterocycles. The molecule has 8 nitrogen and oxygen atoms in total. The van der Waals surface area contributed by atoms with Gasteiger partial charge in [0.2, 0.25) is 5.91 Å². The molecule has 0 unspecified atom stereocenters. The second-order valence-electron chi connectivity index (χ2n) is 6.32. The van der Waals surface area contributed by atoms with Gasteiger partial charge in [-0.15, -0.1) is 4.83 Å². The Kier molecular flexibility index (Phi) is 5.66. The molecule has 9 heteroatoms. The van der Waals surface area contributed by atoms with Crippen LogP contribution in [-0.4, -0.2) is 33.3 Å². The molecule has 0 aliphatic carbocycles. The topological polar surface area (TPSA) is 108 Å². The van der Waals surface area contributed by atoms with Crippen molar-refractivity contribution in [1.29, 1.82) is 0 Å². The quantitative estimate of drug-likeness (QED) is 0.611. The first-order chi connectivity index (χ1) is 13.3. The van der Waals surface area contributed by atoms with E-state index in [1.807, 2.05) is 26.0 Å². The van der Waals surface area contributed by atoms with Crippen LogP contribution in [0, 0.1) is 0 Å². The van der Waals surface area contributed by atoms with Gasteiger partial charge in [-0.25, -0.2) is 8.42 Å². The van der Waals surface area contributed by atoms with Gasteiger partial charge in [-0.05, 0) is 61.9 Å². The molecule has 1 aliphatic heterocycles. The van der Waals surface area contributed by atoms with Gasteiger partial charge in [-0.2, -0.15) is 0 Å². The largest absolute Gasteiger partial charge is 0.372 e. The third-order valence-electron chi connectivity index (χ3n) is 4.57. The van der Waals surface area contributed by atoms with E-state index in [1.165, 1.54) is 18.2 Å². The van der Waals surface area contributed by atoms with Crippen LogP contribution < -0.4 is 20.5 Å². The van der Waals surface area contributed by atoms with Gasteiger partial charge in [0.05, 0.1) is 11.3 Å². The maximum Gasteiger partial charge on any atom is 0.266 e. The minimum Gasteiger partial charge on any atom is -0.372 e. The van der Waals surface area contributed by atoms with E-state index >= 15 is 0 Å². The summed E-state index contributed by atoms with van der Waals surface area (Å²) in [5, 5.41) is 2.64. The zero-order valence-electron chi connectivity index (χ0n) is 15.7. The standard InChI is InChI=1S/C19H22N4O4S/c1-3-23(4-2)15-7-5-13(6-8-15)19(25)21-22-28(26,27)16-9-10-17-14(11-16)12-18(24)20-17/h5-11,22H,3-4,12H2,1-2H3,(H,20,24)(H,21,25). The molecule has 0 saturated carbocycles. The fourth-order valence-corrected chi connectivity index (χ4v) is 3.92. The highest BCUT2D eigenvalue weighted by Gasteiger charge is 2.22. The predicted octanol–water partition coefficient (Wildman–Crippen LogP) is 1.65. The summed E-state index contributed by atoms with van der Waals surface area (Å²) in [6.45, 7) is 5.79. The number of sulfonamides is 1. The van der Waals surface area contributed by atoms with Crippen LogP contribution in [0.25, 0.3) is 0 Å². The van der Waals surface area contributed by atoms with E-state index in [2.05, 4.69) is 20.5 Å². The number of rotatable bonds is 7. The van der Waals surface area contributed by atoms with Crippen molar-refractivity contribution < 1.29 is 18.0 Å². The first-order valence-electron chi connectivity index (χ1n) is 8.94. The molecule has 0 bridgehead atoms. The highest BCUT2D eigenvalue weighted by Crippen LogP contribution is 2.25. The van der Waals surface area contributed by atoms with E-state index in [1.54, 1.807) is 12.1 Å². The molecule has 0 spiro atoms. The van der Waals surface area contributed by atoms with Crippen molar-refractivity contribution in [3.05, 3.63) is 53.6 Å². The monoisotopic (exact) mass is 402 g/mol. The van der Waals surface area contributed by atoms with Gasteiger partial charge in [0, 0.05) is 30.0 Å². The summed E-state index contributed by atoms with van der Waals surface area (Å²) in [5.41, 5.74) is 4.74. The van der Waals surface area contributed by atoms with Crippen LogP contribution in [-0.2, 0) is 21.2 Å². The number of benzene rings is 2. The average molecular weight is 402 g/mol. The third-order valence-corrected chi connectivity index (χ3v) is 5.81. The highest BCUT2D eigenvalue weighted by molar-refractivity contribution is 7.89. The summed E-state index contributed by atoms with van der Waals surface area (Å²) in [6, 6.07) is 11.2. The Morgan fingerprint density at radius 1 is 1.11 bits per heavy atom. The summed E-state index contributed by atoms with van der Waals surface area (Å²) >= 11 is 0. The Morgan fingerprint density at radius 2 is 1.79 bits per heavy atom. The molecular formula is C19H22N4O4S. The van der Waals surface area contributed by atoms with E-state index in [0.717, 1.165) is 18.8 Å². The number of hydrazine groups is 1. The molecule has 0 radical (unpaired) electrons. The maximum absolute atomic E-state index is 12.4. The molecule has 2 amide bonds. The summed E-state index contributed by atoms with van der Waals surface area (Å²) in [6.07, 6.45) is 0.129. The maximum atomic E-state index is 12.4.